The van der Waals surface area contributed by atoms with Crippen LogP contribution < -0.4 is 10.1 Å². The molecule has 2 aromatic rings. The number of esters is 1. The summed E-state index contributed by atoms with van der Waals surface area (Å²) in [5, 5.41) is 3.44. The van der Waals surface area contributed by atoms with Crippen LogP contribution in [0.25, 0.3) is 0 Å². The van der Waals surface area contributed by atoms with Crippen molar-refractivity contribution in [2.45, 2.75) is 32.6 Å². The molecule has 26 heavy (non-hydrogen) atoms. The van der Waals surface area contributed by atoms with E-state index in [1.165, 1.54) is 18.4 Å². The molecule has 0 spiro atoms. The van der Waals surface area contributed by atoms with Crippen LogP contribution in [0.2, 0.25) is 0 Å². The lowest BCUT2D eigenvalue weighted by Crippen LogP contribution is -2.14. The summed E-state index contributed by atoms with van der Waals surface area (Å²) in [4.78, 5) is 26.0. The number of carbonyl (C=O) groups excluding carboxylic acids is 2. The maximum Gasteiger partial charge on any atom is 0.341 e. The fraction of sp³-hybridized carbons (Fsp3) is 0.368. The molecule has 0 saturated heterocycles. The van der Waals surface area contributed by atoms with E-state index in [9.17, 15) is 9.59 Å². The number of anilines is 1. The van der Waals surface area contributed by atoms with Crippen molar-refractivity contribution in [2.75, 3.05) is 19.0 Å². The van der Waals surface area contributed by atoms with Gasteiger partial charge in [0.2, 0.25) is 0 Å². The molecular weight excluding hydrogens is 418 g/mol. The Kier molecular flexibility index (Phi) is 5.98. The first-order chi connectivity index (χ1) is 12.5. The summed E-state index contributed by atoms with van der Waals surface area (Å²) >= 11 is 4.90. The van der Waals surface area contributed by atoms with Crippen molar-refractivity contribution in [1.82, 2.24) is 0 Å². The highest BCUT2D eigenvalue weighted by molar-refractivity contribution is 9.10. The number of benzene rings is 1. The zero-order valence-electron chi connectivity index (χ0n) is 14.7. The Balaban J connectivity index is 1.82. The van der Waals surface area contributed by atoms with Gasteiger partial charge in [0.1, 0.15) is 10.8 Å². The monoisotopic (exact) mass is 437 g/mol. The van der Waals surface area contributed by atoms with Crippen molar-refractivity contribution < 1.29 is 19.1 Å². The summed E-state index contributed by atoms with van der Waals surface area (Å²) in [6.07, 6.45) is 3.73. The second-order valence-corrected chi connectivity index (χ2v) is 7.96. The van der Waals surface area contributed by atoms with E-state index in [2.05, 4.69) is 21.2 Å². The molecule has 1 amide bonds. The molecule has 138 valence electrons. The highest BCUT2D eigenvalue weighted by Crippen LogP contribution is 2.39. The Morgan fingerprint density at radius 2 is 2.12 bits per heavy atom. The highest BCUT2D eigenvalue weighted by atomic mass is 79.9. The third kappa shape index (κ3) is 3.78. The van der Waals surface area contributed by atoms with Gasteiger partial charge >= 0.3 is 5.97 Å². The van der Waals surface area contributed by atoms with E-state index in [4.69, 9.17) is 9.47 Å². The Morgan fingerprint density at radius 3 is 2.81 bits per heavy atom. The lowest BCUT2D eigenvalue weighted by atomic mass is 10.1. The van der Waals surface area contributed by atoms with Crippen LogP contribution >= 0.6 is 27.3 Å². The summed E-state index contributed by atoms with van der Waals surface area (Å²) in [5.74, 6) is 0.0377. The zero-order valence-corrected chi connectivity index (χ0v) is 17.1. The molecule has 1 aromatic heterocycles. The molecule has 0 saturated carbocycles. The number of carbonyl (C=O) groups is 2. The quantitative estimate of drug-likeness (QED) is 0.657. The Labute approximate surface area is 164 Å². The molecule has 0 fully saturated rings. The minimum Gasteiger partial charge on any atom is -0.492 e. The minimum atomic E-state index is -0.399. The van der Waals surface area contributed by atoms with Crippen LogP contribution in [0.1, 0.15) is 50.9 Å². The van der Waals surface area contributed by atoms with Gasteiger partial charge in [-0.2, -0.15) is 0 Å². The number of hydrogen-bond acceptors (Lipinski definition) is 5. The van der Waals surface area contributed by atoms with Gasteiger partial charge in [0.05, 0.1) is 23.8 Å². The maximum absolute atomic E-state index is 12.7. The van der Waals surface area contributed by atoms with E-state index in [-0.39, 0.29) is 5.91 Å². The van der Waals surface area contributed by atoms with Crippen molar-refractivity contribution in [1.29, 1.82) is 0 Å². The fourth-order valence-electron chi connectivity index (χ4n) is 2.96. The zero-order chi connectivity index (χ0) is 18.7. The van der Waals surface area contributed by atoms with Crippen molar-refractivity contribution in [3.63, 3.8) is 0 Å². The molecule has 3 rings (SSSR count). The smallest absolute Gasteiger partial charge is 0.341 e. The predicted molar refractivity (Wildman–Crippen MR) is 106 cm³/mol. The summed E-state index contributed by atoms with van der Waals surface area (Å²) < 4.78 is 11.2. The second kappa shape index (κ2) is 8.22. The van der Waals surface area contributed by atoms with E-state index < -0.39 is 5.97 Å². The number of hydrogen-bond donors (Lipinski definition) is 1. The molecule has 0 unspecified atom stereocenters. The van der Waals surface area contributed by atoms with Crippen LogP contribution in [0.5, 0.6) is 5.75 Å². The van der Waals surface area contributed by atoms with Crippen LogP contribution in [0.3, 0.4) is 0 Å². The number of methoxy groups -OCH3 is 1. The Morgan fingerprint density at radius 1 is 1.31 bits per heavy atom. The molecule has 1 heterocycles. The third-order valence-corrected chi connectivity index (χ3v) is 6.02. The first-order valence-electron chi connectivity index (χ1n) is 8.51. The Bertz CT molecular complexity index is 846. The SMILES string of the molecule is CCCOc1ccc(C(=O)Nc2sc3c(c2C(=O)OC)CCC3)cc1Br. The van der Waals surface area contributed by atoms with Gasteiger partial charge in [-0.05, 0) is 65.4 Å². The van der Waals surface area contributed by atoms with Gasteiger partial charge < -0.3 is 14.8 Å². The van der Waals surface area contributed by atoms with Gasteiger partial charge in [-0.25, -0.2) is 4.79 Å². The lowest BCUT2D eigenvalue weighted by Gasteiger charge is -2.10. The summed E-state index contributed by atoms with van der Waals surface area (Å²) in [6.45, 7) is 2.65. The predicted octanol–water partition coefficient (Wildman–Crippen LogP) is 4.83. The molecule has 1 aliphatic rings. The van der Waals surface area contributed by atoms with Gasteiger partial charge in [-0.15, -0.1) is 11.3 Å². The average molecular weight is 438 g/mol. The van der Waals surface area contributed by atoms with Gasteiger partial charge in [-0.3, -0.25) is 4.79 Å². The summed E-state index contributed by atoms with van der Waals surface area (Å²) in [6, 6.07) is 5.20. The number of aryl methyl sites for hydroxylation is 1. The topological polar surface area (TPSA) is 64.6 Å². The van der Waals surface area contributed by atoms with Crippen molar-refractivity contribution in [2.24, 2.45) is 0 Å². The molecule has 0 bridgehead atoms. The average Bonchev–Trinajstić information content (AvgIpc) is 3.20. The maximum atomic E-state index is 12.7. The van der Waals surface area contributed by atoms with Crippen LogP contribution in [0.4, 0.5) is 5.00 Å². The van der Waals surface area contributed by atoms with E-state index in [0.717, 1.165) is 40.6 Å². The molecule has 0 atom stereocenters. The number of rotatable bonds is 6. The van der Waals surface area contributed by atoms with Crippen LogP contribution in [-0.4, -0.2) is 25.6 Å². The molecule has 5 nitrogen and oxygen atoms in total. The molecule has 0 radical (unpaired) electrons. The number of amides is 1. The van der Waals surface area contributed by atoms with Gasteiger partial charge in [0.15, 0.2) is 0 Å². The molecule has 1 N–H and O–H groups in total. The highest BCUT2D eigenvalue weighted by Gasteiger charge is 2.28. The van der Waals surface area contributed by atoms with Crippen molar-refractivity contribution in [3.8, 4) is 5.75 Å². The molecular formula is C19H20BrNO4S. The first kappa shape index (κ1) is 18.9. The molecule has 7 heteroatoms. The number of ether oxygens (including phenoxy) is 2. The molecule has 1 aliphatic carbocycles. The van der Waals surface area contributed by atoms with Crippen LogP contribution in [0, 0.1) is 0 Å². The van der Waals surface area contributed by atoms with E-state index in [1.807, 2.05) is 6.92 Å². The third-order valence-electron chi connectivity index (χ3n) is 4.19. The van der Waals surface area contributed by atoms with Gasteiger partial charge in [-0.1, -0.05) is 6.92 Å². The summed E-state index contributed by atoms with van der Waals surface area (Å²) in [7, 11) is 1.36. The van der Waals surface area contributed by atoms with Crippen LogP contribution in [0.15, 0.2) is 22.7 Å². The van der Waals surface area contributed by atoms with E-state index in [0.29, 0.717) is 28.5 Å². The largest absolute Gasteiger partial charge is 0.492 e. The van der Waals surface area contributed by atoms with Crippen molar-refractivity contribution in [3.05, 3.63) is 44.2 Å². The number of nitrogens with one attached hydrogen (secondary N) is 1. The second-order valence-electron chi connectivity index (χ2n) is 6.00. The first-order valence-corrected chi connectivity index (χ1v) is 10.1. The lowest BCUT2D eigenvalue weighted by molar-refractivity contribution is 0.0601. The van der Waals surface area contributed by atoms with Gasteiger partial charge in [0.25, 0.3) is 5.91 Å². The number of halogens is 1. The van der Waals surface area contributed by atoms with Crippen LogP contribution in [-0.2, 0) is 17.6 Å². The standard InChI is InChI=1S/C19H20BrNO4S/c1-3-9-25-14-8-7-11(10-13(14)20)17(22)21-18-16(19(23)24-2)12-5-4-6-15(12)26-18/h7-8,10H,3-6,9H2,1-2H3,(H,21,22). The van der Waals surface area contributed by atoms with Crippen molar-refractivity contribution >= 4 is 44.1 Å². The van der Waals surface area contributed by atoms with E-state index in [1.54, 1.807) is 18.2 Å². The summed E-state index contributed by atoms with van der Waals surface area (Å²) in [5.41, 5.74) is 2.01. The molecule has 1 aromatic carbocycles. The fourth-order valence-corrected chi connectivity index (χ4v) is 4.72. The normalized spacial score (nSPS) is 12.6. The van der Waals surface area contributed by atoms with E-state index >= 15 is 0 Å². The van der Waals surface area contributed by atoms with Gasteiger partial charge in [0, 0.05) is 10.4 Å². The number of thiophene rings is 1. The Hall–Kier alpha value is -1.86. The molecule has 0 aliphatic heterocycles. The number of fused-ring (bicyclic) bond motifs is 1. The minimum absolute atomic E-state index is 0.266.